The SMILES string of the molecule is CC(CN1CC[C@@H](N)C1)C(N)=O. The van der Waals surface area contributed by atoms with Gasteiger partial charge in [0, 0.05) is 25.0 Å². The highest BCUT2D eigenvalue weighted by atomic mass is 16.1. The molecule has 4 heteroatoms. The van der Waals surface area contributed by atoms with Crippen LogP contribution in [0.4, 0.5) is 0 Å². The Morgan fingerprint density at radius 3 is 2.83 bits per heavy atom. The fourth-order valence-electron chi connectivity index (χ4n) is 1.51. The molecule has 4 nitrogen and oxygen atoms in total. The Labute approximate surface area is 72.9 Å². The number of carbonyl (C=O) groups excluding carboxylic acids is 1. The standard InChI is InChI=1S/C8H17N3O/c1-6(8(10)12)4-11-3-2-7(9)5-11/h6-7H,2-5,9H2,1H3,(H2,10,12)/t6?,7-/m1/s1. The first-order valence-corrected chi connectivity index (χ1v) is 4.37. The molecule has 0 aromatic carbocycles. The van der Waals surface area contributed by atoms with Crippen LogP contribution in [0.25, 0.3) is 0 Å². The zero-order chi connectivity index (χ0) is 9.14. The van der Waals surface area contributed by atoms with E-state index in [1.54, 1.807) is 0 Å². The lowest BCUT2D eigenvalue weighted by Gasteiger charge is -2.17. The molecule has 0 spiro atoms. The Morgan fingerprint density at radius 2 is 2.42 bits per heavy atom. The van der Waals surface area contributed by atoms with Crippen LogP contribution in [0.15, 0.2) is 0 Å². The number of carbonyl (C=O) groups is 1. The van der Waals surface area contributed by atoms with E-state index in [9.17, 15) is 4.79 Å². The molecule has 1 amide bonds. The van der Waals surface area contributed by atoms with Crippen LogP contribution in [0.2, 0.25) is 0 Å². The quantitative estimate of drug-likeness (QED) is 0.580. The van der Waals surface area contributed by atoms with Crippen molar-refractivity contribution < 1.29 is 4.79 Å². The molecule has 2 atom stereocenters. The van der Waals surface area contributed by atoms with Crippen molar-refractivity contribution >= 4 is 5.91 Å². The fourth-order valence-corrected chi connectivity index (χ4v) is 1.51. The minimum atomic E-state index is -0.226. The lowest BCUT2D eigenvalue weighted by Crippen LogP contribution is -2.35. The molecule has 0 aromatic rings. The molecule has 1 saturated heterocycles. The molecule has 12 heavy (non-hydrogen) atoms. The van der Waals surface area contributed by atoms with Gasteiger partial charge in [-0.2, -0.15) is 0 Å². The number of hydrogen-bond acceptors (Lipinski definition) is 3. The summed E-state index contributed by atoms with van der Waals surface area (Å²) in [5, 5.41) is 0. The van der Waals surface area contributed by atoms with Crippen molar-refractivity contribution in [3.63, 3.8) is 0 Å². The van der Waals surface area contributed by atoms with E-state index in [1.165, 1.54) is 0 Å². The summed E-state index contributed by atoms with van der Waals surface area (Å²) in [4.78, 5) is 12.9. The van der Waals surface area contributed by atoms with E-state index in [2.05, 4.69) is 4.90 Å². The van der Waals surface area contributed by atoms with Gasteiger partial charge in [-0.05, 0) is 13.0 Å². The monoisotopic (exact) mass is 171 g/mol. The maximum Gasteiger partial charge on any atom is 0.221 e. The van der Waals surface area contributed by atoms with Crippen LogP contribution in [0, 0.1) is 5.92 Å². The van der Waals surface area contributed by atoms with Gasteiger partial charge < -0.3 is 16.4 Å². The molecule has 1 heterocycles. The second-order valence-electron chi connectivity index (χ2n) is 3.61. The Balaban J connectivity index is 2.27. The minimum Gasteiger partial charge on any atom is -0.369 e. The lowest BCUT2D eigenvalue weighted by molar-refractivity contribution is -0.121. The van der Waals surface area contributed by atoms with Crippen molar-refractivity contribution in [3.8, 4) is 0 Å². The maximum atomic E-state index is 10.7. The Morgan fingerprint density at radius 1 is 1.75 bits per heavy atom. The van der Waals surface area contributed by atoms with Crippen LogP contribution >= 0.6 is 0 Å². The van der Waals surface area contributed by atoms with Gasteiger partial charge in [-0.1, -0.05) is 6.92 Å². The summed E-state index contributed by atoms with van der Waals surface area (Å²) in [6.07, 6.45) is 1.03. The normalized spacial score (nSPS) is 27.3. The first kappa shape index (κ1) is 9.48. The predicted molar refractivity (Wildman–Crippen MR) is 47.4 cm³/mol. The molecule has 1 aliphatic heterocycles. The van der Waals surface area contributed by atoms with Crippen molar-refractivity contribution in [1.82, 2.24) is 4.90 Å². The summed E-state index contributed by atoms with van der Waals surface area (Å²) in [5.74, 6) is -0.286. The van der Waals surface area contributed by atoms with Crippen molar-refractivity contribution in [1.29, 1.82) is 0 Å². The first-order valence-electron chi connectivity index (χ1n) is 4.37. The smallest absolute Gasteiger partial charge is 0.221 e. The number of nitrogens with zero attached hydrogens (tertiary/aromatic N) is 1. The van der Waals surface area contributed by atoms with Crippen molar-refractivity contribution in [2.75, 3.05) is 19.6 Å². The summed E-state index contributed by atoms with van der Waals surface area (Å²) in [5.41, 5.74) is 10.9. The minimum absolute atomic E-state index is 0.0599. The van der Waals surface area contributed by atoms with Crippen molar-refractivity contribution in [2.45, 2.75) is 19.4 Å². The second kappa shape index (κ2) is 3.87. The van der Waals surface area contributed by atoms with Crippen LogP contribution in [-0.4, -0.2) is 36.5 Å². The molecular weight excluding hydrogens is 154 g/mol. The van der Waals surface area contributed by atoms with E-state index in [-0.39, 0.29) is 17.9 Å². The summed E-state index contributed by atoms with van der Waals surface area (Å²) in [6, 6.07) is 0.282. The van der Waals surface area contributed by atoms with Crippen molar-refractivity contribution in [3.05, 3.63) is 0 Å². The van der Waals surface area contributed by atoms with Crippen molar-refractivity contribution in [2.24, 2.45) is 17.4 Å². The predicted octanol–water partition coefficient (Wildman–Crippen LogP) is -0.859. The van der Waals surface area contributed by atoms with E-state index in [0.717, 1.165) is 26.1 Å². The average molecular weight is 171 g/mol. The Bertz CT molecular complexity index is 172. The number of amides is 1. The van der Waals surface area contributed by atoms with E-state index in [0.29, 0.717) is 0 Å². The number of nitrogens with two attached hydrogens (primary N) is 2. The van der Waals surface area contributed by atoms with Gasteiger partial charge in [0.2, 0.25) is 5.91 Å². The van der Waals surface area contributed by atoms with E-state index < -0.39 is 0 Å². The van der Waals surface area contributed by atoms with Gasteiger partial charge >= 0.3 is 0 Å². The van der Waals surface area contributed by atoms with Crippen LogP contribution in [0.3, 0.4) is 0 Å². The molecule has 0 bridgehead atoms. The van der Waals surface area contributed by atoms with Gasteiger partial charge in [0.25, 0.3) is 0 Å². The lowest BCUT2D eigenvalue weighted by atomic mass is 10.1. The van der Waals surface area contributed by atoms with E-state index in [4.69, 9.17) is 11.5 Å². The topological polar surface area (TPSA) is 72.3 Å². The molecule has 0 aliphatic carbocycles. The molecule has 1 unspecified atom stereocenters. The van der Waals surface area contributed by atoms with Crippen LogP contribution < -0.4 is 11.5 Å². The summed E-state index contributed by atoms with van der Waals surface area (Å²) in [7, 11) is 0. The number of hydrogen-bond donors (Lipinski definition) is 2. The molecule has 4 N–H and O–H groups in total. The van der Waals surface area contributed by atoms with Gasteiger partial charge in [0.05, 0.1) is 0 Å². The number of likely N-dealkylation sites (tertiary alicyclic amines) is 1. The van der Waals surface area contributed by atoms with Crippen LogP contribution in [0.5, 0.6) is 0 Å². The summed E-state index contributed by atoms with van der Waals surface area (Å²) >= 11 is 0. The maximum absolute atomic E-state index is 10.7. The van der Waals surface area contributed by atoms with E-state index in [1.807, 2.05) is 6.92 Å². The molecule has 1 aliphatic rings. The third kappa shape index (κ3) is 2.46. The Hall–Kier alpha value is -0.610. The number of rotatable bonds is 3. The highest BCUT2D eigenvalue weighted by molar-refractivity contribution is 5.76. The fraction of sp³-hybridized carbons (Fsp3) is 0.875. The highest BCUT2D eigenvalue weighted by Crippen LogP contribution is 2.09. The molecule has 0 radical (unpaired) electrons. The molecular formula is C8H17N3O. The van der Waals surface area contributed by atoms with Crippen LogP contribution in [0.1, 0.15) is 13.3 Å². The molecule has 70 valence electrons. The molecule has 0 aromatic heterocycles. The molecule has 0 saturated carbocycles. The summed E-state index contributed by atoms with van der Waals surface area (Å²) < 4.78 is 0. The highest BCUT2D eigenvalue weighted by Gasteiger charge is 2.21. The molecule has 1 fully saturated rings. The second-order valence-corrected chi connectivity index (χ2v) is 3.61. The third-order valence-electron chi connectivity index (χ3n) is 2.33. The van der Waals surface area contributed by atoms with Gasteiger partial charge in [-0.25, -0.2) is 0 Å². The average Bonchev–Trinajstić information content (AvgIpc) is 2.35. The summed E-state index contributed by atoms with van der Waals surface area (Å²) in [6.45, 7) is 4.51. The zero-order valence-corrected chi connectivity index (χ0v) is 7.49. The van der Waals surface area contributed by atoms with Gasteiger partial charge in [0.15, 0.2) is 0 Å². The number of primary amides is 1. The zero-order valence-electron chi connectivity index (χ0n) is 7.49. The largest absolute Gasteiger partial charge is 0.369 e. The first-order chi connectivity index (χ1) is 5.59. The van der Waals surface area contributed by atoms with Crippen LogP contribution in [-0.2, 0) is 4.79 Å². The third-order valence-corrected chi connectivity index (χ3v) is 2.33. The Kier molecular flexibility index (Phi) is 3.05. The van der Waals surface area contributed by atoms with Gasteiger partial charge in [-0.15, -0.1) is 0 Å². The van der Waals surface area contributed by atoms with Gasteiger partial charge in [0.1, 0.15) is 0 Å². The molecule has 1 rings (SSSR count). The van der Waals surface area contributed by atoms with Gasteiger partial charge in [-0.3, -0.25) is 4.79 Å². The van der Waals surface area contributed by atoms with E-state index >= 15 is 0 Å².